The molecule has 1 fully saturated rings. The minimum absolute atomic E-state index is 0.0676. The van der Waals surface area contributed by atoms with Crippen LogP contribution in [0.1, 0.15) is 36.5 Å². The first-order chi connectivity index (χ1) is 11.0. The van der Waals surface area contributed by atoms with E-state index in [-0.39, 0.29) is 18.6 Å². The monoisotopic (exact) mass is 319 g/mol. The molecule has 0 saturated carbocycles. The Morgan fingerprint density at radius 1 is 1.39 bits per heavy atom. The lowest BCUT2D eigenvalue weighted by Gasteiger charge is -2.39. The Morgan fingerprint density at radius 3 is 2.87 bits per heavy atom. The summed E-state index contributed by atoms with van der Waals surface area (Å²) < 4.78 is 5.57. The maximum absolute atomic E-state index is 12.4. The molecular formula is C17H25N3O3. The maximum atomic E-state index is 12.4. The van der Waals surface area contributed by atoms with Crippen LogP contribution in [0, 0.1) is 5.92 Å². The normalized spacial score (nSPS) is 21.0. The first-order valence-corrected chi connectivity index (χ1v) is 8.05. The molecule has 6 nitrogen and oxygen atoms in total. The second-order valence-corrected chi connectivity index (χ2v) is 6.00. The molecule has 1 aliphatic rings. The van der Waals surface area contributed by atoms with Gasteiger partial charge in [-0.25, -0.2) is 0 Å². The number of carbonyl (C=O) groups excluding carboxylic acids is 2. The molecule has 6 heteroatoms. The SMILES string of the molecule is C[C@H]1CCCN(C(=O)CCOc2cccc(C(N)=O)c2)[C@H]1CN. The number of amides is 2. The van der Waals surface area contributed by atoms with Gasteiger partial charge in [0.1, 0.15) is 5.75 Å². The predicted octanol–water partition coefficient (Wildman–Crippen LogP) is 1.14. The lowest BCUT2D eigenvalue weighted by atomic mass is 9.90. The highest BCUT2D eigenvalue weighted by molar-refractivity contribution is 5.93. The van der Waals surface area contributed by atoms with Gasteiger partial charge in [0.25, 0.3) is 0 Å². The molecule has 1 aliphatic heterocycles. The van der Waals surface area contributed by atoms with Gasteiger partial charge in [-0.15, -0.1) is 0 Å². The molecule has 0 spiro atoms. The molecule has 126 valence electrons. The van der Waals surface area contributed by atoms with Crippen molar-refractivity contribution in [2.45, 2.75) is 32.2 Å². The van der Waals surface area contributed by atoms with Crippen LogP contribution in [-0.4, -0.2) is 42.5 Å². The van der Waals surface area contributed by atoms with Crippen molar-refractivity contribution in [3.05, 3.63) is 29.8 Å². The number of piperidine rings is 1. The smallest absolute Gasteiger partial charge is 0.248 e. The lowest BCUT2D eigenvalue weighted by molar-refractivity contribution is -0.136. The molecule has 0 bridgehead atoms. The highest BCUT2D eigenvalue weighted by Crippen LogP contribution is 2.23. The van der Waals surface area contributed by atoms with Crippen molar-refractivity contribution in [2.75, 3.05) is 19.7 Å². The van der Waals surface area contributed by atoms with Crippen molar-refractivity contribution in [2.24, 2.45) is 17.4 Å². The van der Waals surface area contributed by atoms with Crippen molar-refractivity contribution >= 4 is 11.8 Å². The fourth-order valence-electron chi connectivity index (χ4n) is 3.06. The highest BCUT2D eigenvalue weighted by Gasteiger charge is 2.30. The summed E-state index contributed by atoms with van der Waals surface area (Å²) in [7, 11) is 0. The second kappa shape index (κ2) is 7.97. The van der Waals surface area contributed by atoms with E-state index < -0.39 is 5.91 Å². The number of rotatable bonds is 6. The van der Waals surface area contributed by atoms with Gasteiger partial charge in [-0.2, -0.15) is 0 Å². The Hall–Kier alpha value is -2.08. The molecule has 0 radical (unpaired) electrons. The van der Waals surface area contributed by atoms with Crippen LogP contribution in [-0.2, 0) is 4.79 Å². The van der Waals surface area contributed by atoms with Gasteiger partial charge in [-0.3, -0.25) is 9.59 Å². The fourth-order valence-corrected chi connectivity index (χ4v) is 3.06. The second-order valence-electron chi connectivity index (χ2n) is 6.00. The number of benzene rings is 1. The van der Waals surface area contributed by atoms with Gasteiger partial charge < -0.3 is 21.1 Å². The van der Waals surface area contributed by atoms with E-state index in [1.807, 2.05) is 4.90 Å². The first kappa shape index (κ1) is 17.3. The van der Waals surface area contributed by atoms with Crippen LogP contribution in [0.4, 0.5) is 0 Å². The Kier molecular flexibility index (Phi) is 5.98. The lowest BCUT2D eigenvalue weighted by Crippen LogP contribution is -2.51. The molecule has 0 aliphatic carbocycles. The predicted molar refractivity (Wildman–Crippen MR) is 88.0 cm³/mol. The Balaban J connectivity index is 1.87. The average Bonchev–Trinajstić information content (AvgIpc) is 2.54. The van der Waals surface area contributed by atoms with Crippen molar-refractivity contribution in [3.8, 4) is 5.75 Å². The van der Waals surface area contributed by atoms with E-state index in [1.165, 1.54) is 0 Å². The number of nitrogens with zero attached hydrogens (tertiary/aromatic N) is 1. The Morgan fingerprint density at radius 2 is 2.17 bits per heavy atom. The number of hydrogen-bond acceptors (Lipinski definition) is 4. The van der Waals surface area contributed by atoms with E-state index in [0.717, 1.165) is 19.4 Å². The number of hydrogen-bond donors (Lipinski definition) is 2. The molecule has 23 heavy (non-hydrogen) atoms. The third kappa shape index (κ3) is 4.45. The van der Waals surface area contributed by atoms with Crippen LogP contribution < -0.4 is 16.2 Å². The van der Waals surface area contributed by atoms with Crippen LogP contribution in [0.25, 0.3) is 0 Å². The Bertz CT molecular complexity index is 562. The minimum Gasteiger partial charge on any atom is -0.493 e. The fraction of sp³-hybridized carbons (Fsp3) is 0.529. The summed E-state index contributed by atoms with van der Waals surface area (Å²) in [5.74, 6) is 0.542. The minimum atomic E-state index is -0.500. The molecule has 1 aromatic rings. The summed E-state index contributed by atoms with van der Waals surface area (Å²) in [6.45, 7) is 3.67. The molecule has 1 saturated heterocycles. The quantitative estimate of drug-likeness (QED) is 0.821. The standard InChI is InChI=1S/C17H25N3O3/c1-12-4-3-8-20(15(12)11-18)16(21)7-9-23-14-6-2-5-13(10-14)17(19)22/h2,5-6,10,12,15H,3-4,7-9,11,18H2,1H3,(H2,19,22)/t12-,15-/m0/s1. The number of ether oxygens (including phenoxy) is 1. The van der Waals surface area contributed by atoms with E-state index in [0.29, 0.717) is 30.2 Å². The third-order valence-electron chi connectivity index (χ3n) is 4.38. The van der Waals surface area contributed by atoms with Gasteiger partial charge in [0.2, 0.25) is 11.8 Å². The molecule has 4 N–H and O–H groups in total. The van der Waals surface area contributed by atoms with Crippen molar-refractivity contribution < 1.29 is 14.3 Å². The summed E-state index contributed by atoms with van der Waals surface area (Å²) >= 11 is 0. The molecular weight excluding hydrogens is 294 g/mol. The van der Waals surface area contributed by atoms with Crippen LogP contribution in [0.2, 0.25) is 0 Å². The molecule has 1 aromatic carbocycles. The molecule has 1 heterocycles. The third-order valence-corrected chi connectivity index (χ3v) is 4.38. The molecule has 2 atom stereocenters. The summed E-state index contributed by atoms with van der Waals surface area (Å²) in [6, 6.07) is 6.77. The van der Waals surface area contributed by atoms with Gasteiger partial charge in [0, 0.05) is 24.7 Å². The topological polar surface area (TPSA) is 98.6 Å². The van der Waals surface area contributed by atoms with Crippen LogP contribution in [0.15, 0.2) is 24.3 Å². The zero-order valence-electron chi connectivity index (χ0n) is 13.5. The van der Waals surface area contributed by atoms with Gasteiger partial charge in [0.05, 0.1) is 13.0 Å². The summed E-state index contributed by atoms with van der Waals surface area (Å²) in [5.41, 5.74) is 11.4. The van der Waals surface area contributed by atoms with E-state index in [2.05, 4.69) is 6.92 Å². The zero-order valence-corrected chi connectivity index (χ0v) is 13.5. The van der Waals surface area contributed by atoms with Gasteiger partial charge in [-0.1, -0.05) is 13.0 Å². The highest BCUT2D eigenvalue weighted by atomic mass is 16.5. The van der Waals surface area contributed by atoms with Crippen LogP contribution >= 0.6 is 0 Å². The summed E-state index contributed by atoms with van der Waals surface area (Å²) in [6.07, 6.45) is 2.43. The molecule has 2 rings (SSSR count). The van der Waals surface area contributed by atoms with E-state index in [4.69, 9.17) is 16.2 Å². The van der Waals surface area contributed by atoms with E-state index >= 15 is 0 Å². The molecule has 0 aromatic heterocycles. The number of primary amides is 1. The number of carbonyl (C=O) groups is 2. The summed E-state index contributed by atoms with van der Waals surface area (Å²) in [4.78, 5) is 25.4. The molecule has 0 unspecified atom stereocenters. The van der Waals surface area contributed by atoms with E-state index in [9.17, 15) is 9.59 Å². The molecule has 2 amide bonds. The Labute approximate surface area is 136 Å². The van der Waals surface area contributed by atoms with Gasteiger partial charge in [-0.05, 0) is 37.0 Å². The first-order valence-electron chi connectivity index (χ1n) is 8.05. The van der Waals surface area contributed by atoms with Gasteiger partial charge >= 0.3 is 0 Å². The van der Waals surface area contributed by atoms with Crippen LogP contribution in [0.3, 0.4) is 0 Å². The number of likely N-dealkylation sites (tertiary alicyclic amines) is 1. The van der Waals surface area contributed by atoms with Crippen LogP contribution in [0.5, 0.6) is 5.75 Å². The van der Waals surface area contributed by atoms with Gasteiger partial charge in [0.15, 0.2) is 0 Å². The van der Waals surface area contributed by atoms with Crippen molar-refractivity contribution in [1.29, 1.82) is 0 Å². The largest absolute Gasteiger partial charge is 0.493 e. The zero-order chi connectivity index (χ0) is 16.8. The maximum Gasteiger partial charge on any atom is 0.248 e. The summed E-state index contributed by atoms with van der Waals surface area (Å²) in [5, 5.41) is 0. The van der Waals surface area contributed by atoms with E-state index in [1.54, 1.807) is 24.3 Å². The van der Waals surface area contributed by atoms with Crippen molar-refractivity contribution in [3.63, 3.8) is 0 Å². The number of nitrogens with two attached hydrogens (primary N) is 2. The van der Waals surface area contributed by atoms with Crippen molar-refractivity contribution in [1.82, 2.24) is 4.90 Å². The average molecular weight is 319 g/mol.